The van der Waals surface area contributed by atoms with Crippen molar-refractivity contribution in [3.8, 4) is 22.5 Å². The van der Waals surface area contributed by atoms with Crippen LogP contribution < -0.4 is 0 Å². The van der Waals surface area contributed by atoms with Gasteiger partial charge in [0, 0.05) is 32.3 Å². The van der Waals surface area contributed by atoms with Crippen molar-refractivity contribution in [1.29, 1.82) is 0 Å². The first-order valence-corrected chi connectivity index (χ1v) is 18.7. The fourth-order valence-corrected chi connectivity index (χ4v) is 9.26. The molecule has 0 aliphatic carbocycles. The molecule has 0 bridgehead atoms. The molecule has 12 rings (SSSR count). The van der Waals surface area contributed by atoms with Gasteiger partial charge in [-0.15, -0.1) is 0 Å². The molecule has 250 valence electrons. The van der Waals surface area contributed by atoms with Gasteiger partial charge in [0.05, 0.1) is 33.4 Å². The number of hydrogen-bond acceptors (Lipinski definition) is 0. The molecule has 0 amide bonds. The molecule has 0 atom stereocenters. The minimum absolute atomic E-state index is 1.21. The van der Waals surface area contributed by atoms with E-state index in [1.54, 1.807) is 0 Å². The van der Waals surface area contributed by atoms with E-state index in [9.17, 15) is 0 Å². The van der Waals surface area contributed by atoms with Crippen molar-refractivity contribution in [1.82, 2.24) is 9.13 Å². The van der Waals surface area contributed by atoms with E-state index < -0.39 is 0 Å². The zero-order valence-corrected chi connectivity index (χ0v) is 29.4. The molecule has 2 heterocycles. The van der Waals surface area contributed by atoms with Gasteiger partial charge >= 0.3 is 0 Å². The average molecular weight is 685 g/mol. The van der Waals surface area contributed by atoms with Gasteiger partial charge in [-0.25, -0.2) is 0 Å². The van der Waals surface area contributed by atoms with Crippen molar-refractivity contribution in [3.05, 3.63) is 194 Å². The average Bonchev–Trinajstić information content (AvgIpc) is 3.75. The Morgan fingerprint density at radius 2 is 0.556 bits per heavy atom. The summed E-state index contributed by atoms with van der Waals surface area (Å²) in [5.41, 5.74) is 9.68. The Bertz CT molecular complexity index is 3270. The number of nitrogens with zero attached hydrogens (tertiary/aromatic N) is 2. The largest absolute Gasteiger partial charge is 0.309 e. The summed E-state index contributed by atoms with van der Waals surface area (Å²) in [4.78, 5) is 0. The lowest BCUT2D eigenvalue weighted by atomic mass is 9.99. The summed E-state index contributed by atoms with van der Waals surface area (Å²) in [5.74, 6) is 0. The third-order valence-electron chi connectivity index (χ3n) is 11.7. The van der Waals surface area contributed by atoms with Crippen LogP contribution in [0, 0.1) is 0 Å². The molecule has 0 N–H and O–H groups in total. The number of para-hydroxylation sites is 2. The van der Waals surface area contributed by atoms with Crippen LogP contribution in [0.25, 0.3) is 109 Å². The molecule has 0 saturated carbocycles. The second kappa shape index (κ2) is 11.2. The highest BCUT2D eigenvalue weighted by molar-refractivity contribution is 6.17. The van der Waals surface area contributed by atoms with E-state index in [1.807, 2.05) is 0 Å². The van der Waals surface area contributed by atoms with E-state index in [4.69, 9.17) is 0 Å². The maximum Gasteiger partial charge on any atom is 0.0546 e. The first kappa shape index (κ1) is 29.4. The van der Waals surface area contributed by atoms with Crippen LogP contribution in [0.4, 0.5) is 0 Å². The van der Waals surface area contributed by atoms with Crippen LogP contribution in [0.2, 0.25) is 0 Å². The van der Waals surface area contributed by atoms with Crippen molar-refractivity contribution in [2.24, 2.45) is 0 Å². The third kappa shape index (κ3) is 4.11. The van der Waals surface area contributed by atoms with Crippen LogP contribution in [-0.4, -0.2) is 9.13 Å². The lowest BCUT2D eigenvalue weighted by Crippen LogP contribution is -1.96. The normalized spacial score (nSPS) is 12.1. The molecule has 2 nitrogen and oxygen atoms in total. The zero-order valence-electron chi connectivity index (χ0n) is 29.4. The van der Waals surface area contributed by atoms with Crippen LogP contribution in [-0.2, 0) is 0 Å². The van der Waals surface area contributed by atoms with E-state index in [0.29, 0.717) is 0 Å². The van der Waals surface area contributed by atoms with Gasteiger partial charge in [0.15, 0.2) is 0 Å². The Balaban J connectivity index is 1.08. The SMILES string of the molecule is c1ccc2c(c1)cc(-n1c3ccccc3c3cc(-c4ccc5c(c4)c4ccccc4n5-c4cc5ccccc5c5ccccc45)ccc31)c1ccccc12. The number of fused-ring (bicyclic) bond motifs is 12. The van der Waals surface area contributed by atoms with Crippen LogP contribution in [0.1, 0.15) is 0 Å². The summed E-state index contributed by atoms with van der Waals surface area (Å²) in [5, 5.41) is 15.1. The maximum atomic E-state index is 2.47. The predicted molar refractivity (Wildman–Crippen MR) is 231 cm³/mol. The van der Waals surface area contributed by atoms with Crippen molar-refractivity contribution in [3.63, 3.8) is 0 Å². The van der Waals surface area contributed by atoms with Gasteiger partial charge in [0.25, 0.3) is 0 Å². The molecule has 12 aromatic rings. The standard InChI is InChI=1S/C52H32N2/c1-3-15-37-35(13-1)31-51(41-19-7-5-17-39(37)41)53-47-23-11-9-21-43(47)45-29-33(25-27-49(45)53)34-26-28-50-46(30-34)44-22-10-12-24-48(44)54(50)52-32-36-14-2-4-16-38(36)40-18-6-8-20-42(40)52/h1-32H. The topological polar surface area (TPSA) is 9.86 Å². The molecule has 0 unspecified atom stereocenters. The summed E-state index contributed by atoms with van der Waals surface area (Å²) >= 11 is 0. The molecule has 0 saturated heterocycles. The Labute approximate surface area is 311 Å². The first-order valence-electron chi connectivity index (χ1n) is 18.7. The van der Waals surface area contributed by atoms with Gasteiger partial charge in [-0.05, 0) is 92.0 Å². The van der Waals surface area contributed by atoms with Crippen LogP contribution in [0.5, 0.6) is 0 Å². The highest BCUT2D eigenvalue weighted by Crippen LogP contribution is 2.42. The fourth-order valence-electron chi connectivity index (χ4n) is 9.26. The Hall–Kier alpha value is -7.16. The molecule has 0 aliphatic heterocycles. The summed E-state index contributed by atoms with van der Waals surface area (Å²) in [6.45, 7) is 0. The van der Waals surface area contributed by atoms with Crippen LogP contribution in [0.3, 0.4) is 0 Å². The molecule has 0 radical (unpaired) electrons. The minimum Gasteiger partial charge on any atom is -0.309 e. The predicted octanol–water partition coefficient (Wildman–Crippen LogP) is 14.2. The van der Waals surface area contributed by atoms with Crippen molar-refractivity contribution in [2.45, 2.75) is 0 Å². The molecular formula is C52H32N2. The molecule has 0 fully saturated rings. The second-order valence-corrected chi connectivity index (χ2v) is 14.5. The van der Waals surface area contributed by atoms with Gasteiger partial charge in [-0.3, -0.25) is 0 Å². The number of benzene rings is 10. The number of rotatable bonds is 3. The minimum atomic E-state index is 1.21. The number of aromatic nitrogens is 2. The molecular weight excluding hydrogens is 653 g/mol. The van der Waals surface area contributed by atoms with Gasteiger partial charge in [0.1, 0.15) is 0 Å². The van der Waals surface area contributed by atoms with E-state index in [2.05, 4.69) is 203 Å². The van der Waals surface area contributed by atoms with Gasteiger partial charge in [-0.1, -0.05) is 146 Å². The second-order valence-electron chi connectivity index (χ2n) is 14.5. The molecule has 2 aromatic heterocycles. The zero-order chi connectivity index (χ0) is 35.3. The van der Waals surface area contributed by atoms with Crippen molar-refractivity contribution in [2.75, 3.05) is 0 Å². The van der Waals surface area contributed by atoms with Crippen LogP contribution in [0.15, 0.2) is 194 Å². The lowest BCUT2D eigenvalue weighted by Gasteiger charge is -2.15. The summed E-state index contributed by atoms with van der Waals surface area (Å²) in [6.07, 6.45) is 0. The van der Waals surface area contributed by atoms with E-state index in [1.165, 1.54) is 109 Å². The van der Waals surface area contributed by atoms with Gasteiger partial charge in [0.2, 0.25) is 0 Å². The molecule has 10 aromatic carbocycles. The van der Waals surface area contributed by atoms with Crippen LogP contribution >= 0.6 is 0 Å². The monoisotopic (exact) mass is 684 g/mol. The summed E-state index contributed by atoms with van der Waals surface area (Å²) in [7, 11) is 0. The van der Waals surface area contributed by atoms with Gasteiger partial charge < -0.3 is 9.13 Å². The lowest BCUT2D eigenvalue weighted by molar-refractivity contribution is 1.20. The number of hydrogen-bond donors (Lipinski definition) is 0. The third-order valence-corrected chi connectivity index (χ3v) is 11.7. The Morgan fingerprint density at radius 1 is 0.222 bits per heavy atom. The first-order chi connectivity index (χ1) is 26.8. The van der Waals surface area contributed by atoms with Gasteiger partial charge in [-0.2, -0.15) is 0 Å². The highest BCUT2D eigenvalue weighted by atomic mass is 15.0. The van der Waals surface area contributed by atoms with E-state index in [-0.39, 0.29) is 0 Å². The molecule has 2 heteroatoms. The van der Waals surface area contributed by atoms with E-state index in [0.717, 1.165) is 0 Å². The quantitative estimate of drug-likeness (QED) is 0.164. The highest BCUT2D eigenvalue weighted by Gasteiger charge is 2.19. The van der Waals surface area contributed by atoms with Crippen molar-refractivity contribution < 1.29 is 0 Å². The molecule has 0 spiro atoms. The maximum absolute atomic E-state index is 2.47. The Kier molecular flexibility index (Phi) is 6.09. The fraction of sp³-hybridized carbons (Fsp3) is 0. The summed E-state index contributed by atoms with van der Waals surface area (Å²) < 4.78 is 4.93. The molecule has 0 aliphatic rings. The summed E-state index contributed by atoms with van der Waals surface area (Å²) in [6, 6.07) is 71.6. The molecule has 54 heavy (non-hydrogen) atoms. The Morgan fingerprint density at radius 3 is 1.00 bits per heavy atom. The van der Waals surface area contributed by atoms with Crippen molar-refractivity contribution >= 4 is 86.7 Å². The van der Waals surface area contributed by atoms with E-state index >= 15 is 0 Å². The smallest absolute Gasteiger partial charge is 0.0546 e.